The molecule has 1 aliphatic heterocycles. The van der Waals surface area contributed by atoms with Crippen LogP contribution in [0.25, 0.3) is 0 Å². The van der Waals surface area contributed by atoms with Gasteiger partial charge in [0.15, 0.2) is 0 Å². The highest BCUT2D eigenvalue weighted by Crippen LogP contribution is 2.45. The number of nitrogens with one attached hydrogen (secondary N) is 1. The lowest BCUT2D eigenvalue weighted by Crippen LogP contribution is -2.24. The fraction of sp³-hybridized carbons (Fsp3) is 1.00. The SMILES string of the molecule is CCC1CC1C1CCCN1. The minimum atomic E-state index is 0.907. The van der Waals surface area contributed by atoms with Crippen molar-refractivity contribution in [2.75, 3.05) is 6.54 Å². The summed E-state index contributed by atoms with van der Waals surface area (Å²) in [5.41, 5.74) is 0. The summed E-state index contributed by atoms with van der Waals surface area (Å²) in [5.74, 6) is 2.14. The third kappa shape index (κ3) is 1.07. The quantitative estimate of drug-likeness (QED) is 0.615. The Kier molecular flexibility index (Phi) is 1.69. The summed E-state index contributed by atoms with van der Waals surface area (Å²) in [6.45, 7) is 3.59. The van der Waals surface area contributed by atoms with Crippen LogP contribution in [0.5, 0.6) is 0 Å². The predicted octanol–water partition coefficient (Wildman–Crippen LogP) is 1.78. The first-order chi connectivity index (χ1) is 4.92. The molecule has 3 unspecified atom stereocenters. The molecule has 1 heterocycles. The van der Waals surface area contributed by atoms with Crippen LogP contribution in [0.2, 0.25) is 0 Å². The Morgan fingerprint density at radius 1 is 1.50 bits per heavy atom. The van der Waals surface area contributed by atoms with Gasteiger partial charge in [0, 0.05) is 6.04 Å². The molecule has 2 aliphatic rings. The maximum atomic E-state index is 3.58. The molecule has 0 radical (unpaired) electrons. The first-order valence-electron chi connectivity index (χ1n) is 4.65. The van der Waals surface area contributed by atoms with Crippen molar-refractivity contribution in [3.63, 3.8) is 0 Å². The van der Waals surface area contributed by atoms with Gasteiger partial charge in [0.1, 0.15) is 0 Å². The molecule has 1 nitrogen and oxygen atoms in total. The molecular formula is C9H17N. The van der Waals surface area contributed by atoms with E-state index in [1.54, 1.807) is 0 Å². The van der Waals surface area contributed by atoms with Crippen LogP contribution in [0.15, 0.2) is 0 Å². The maximum absolute atomic E-state index is 3.58. The van der Waals surface area contributed by atoms with E-state index in [0.29, 0.717) is 0 Å². The molecule has 0 aromatic carbocycles. The van der Waals surface area contributed by atoms with Crippen molar-refractivity contribution in [3.8, 4) is 0 Å². The molecule has 1 saturated carbocycles. The van der Waals surface area contributed by atoms with Crippen LogP contribution in [0, 0.1) is 11.8 Å². The third-order valence-electron chi connectivity index (χ3n) is 3.12. The highest BCUT2D eigenvalue weighted by molar-refractivity contribution is 4.95. The predicted molar refractivity (Wildman–Crippen MR) is 42.9 cm³/mol. The van der Waals surface area contributed by atoms with Gasteiger partial charge in [-0.05, 0) is 37.6 Å². The summed E-state index contributed by atoms with van der Waals surface area (Å²) in [4.78, 5) is 0. The zero-order chi connectivity index (χ0) is 6.97. The topological polar surface area (TPSA) is 12.0 Å². The van der Waals surface area contributed by atoms with Crippen LogP contribution in [0.4, 0.5) is 0 Å². The van der Waals surface area contributed by atoms with E-state index in [0.717, 1.165) is 17.9 Å². The Labute approximate surface area is 63.2 Å². The van der Waals surface area contributed by atoms with Gasteiger partial charge >= 0.3 is 0 Å². The fourth-order valence-corrected chi connectivity index (χ4v) is 2.31. The molecule has 0 amide bonds. The van der Waals surface area contributed by atoms with E-state index in [1.807, 2.05) is 0 Å². The zero-order valence-corrected chi connectivity index (χ0v) is 6.77. The highest BCUT2D eigenvalue weighted by Gasteiger charge is 2.41. The molecule has 10 heavy (non-hydrogen) atoms. The second-order valence-corrected chi connectivity index (χ2v) is 3.77. The van der Waals surface area contributed by atoms with E-state index in [4.69, 9.17) is 0 Å². The van der Waals surface area contributed by atoms with E-state index in [9.17, 15) is 0 Å². The summed E-state index contributed by atoms with van der Waals surface area (Å²) in [6, 6.07) is 0.907. The summed E-state index contributed by atoms with van der Waals surface area (Å²) >= 11 is 0. The number of hydrogen-bond donors (Lipinski definition) is 1. The summed E-state index contributed by atoms with van der Waals surface area (Å²) in [6.07, 6.45) is 5.77. The Morgan fingerprint density at radius 3 is 2.90 bits per heavy atom. The molecule has 0 aromatic heterocycles. The van der Waals surface area contributed by atoms with Gasteiger partial charge in [-0.3, -0.25) is 0 Å². The van der Waals surface area contributed by atoms with E-state index in [2.05, 4.69) is 12.2 Å². The Hall–Kier alpha value is -0.0400. The maximum Gasteiger partial charge on any atom is 0.00985 e. The van der Waals surface area contributed by atoms with E-state index in [-0.39, 0.29) is 0 Å². The van der Waals surface area contributed by atoms with Crippen LogP contribution >= 0.6 is 0 Å². The van der Waals surface area contributed by atoms with Crippen molar-refractivity contribution < 1.29 is 0 Å². The monoisotopic (exact) mass is 139 g/mol. The van der Waals surface area contributed by atoms with Gasteiger partial charge in [-0.25, -0.2) is 0 Å². The second kappa shape index (κ2) is 2.54. The first kappa shape index (κ1) is 6.66. The molecule has 2 rings (SSSR count). The minimum Gasteiger partial charge on any atom is -0.314 e. The van der Waals surface area contributed by atoms with E-state index < -0.39 is 0 Å². The summed E-state index contributed by atoms with van der Waals surface area (Å²) in [5, 5.41) is 3.58. The lowest BCUT2D eigenvalue weighted by molar-refractivity contribution is 0.499. The zero-order valence-electron chi connectivity index (χ0n) is 6.77. The lowest BCUT2D eigenvalue weighted by Gasteiger charge is -2.07. The summed E-state index contributed by atoms with van der Waals surface area (Å²) < 4.78 is 0. The highest BCUT2D eigenvalue weighted by atomic mass is 15.0. The molecule has 1 saturated heterocycles. The molecule has 1 N–H and O–H groups in total. The first-order valence-corrected chi connectivity index (χ1v) is 4.65. The van der Waals surface area contributed by atoms with Crippen molar-refractivity contribution >= 4 is 0 Å². The van der Waals surface area contributed by atoms with Gasteiger partial charge < -0.3 is 5.32 Å². The van der Waals surface area contributed by atoms with Crippen molar-refractivity contribution in [3.05, 3.63) is 0 Å². The largest absolute Gasteiger partial charge is 0.314 e. The number of hydrogen-bond acceptors (Lipinski definition) is 1. The molecule has 2 fully saturated rings. The summed E-state index contributed by atoms with van der Waals surface area (Å²) in [7, 11) is 0. The molecular weight excluding hydrogens is 122 g/mol. The van der Waals surface area contributed by atoms with Gasteiger partial charge in [-0.2, -0.15) is 0 Å². The average molecular weight is 139 g/mol. The lowest BCUT2D eigenvalue weighted by atomic mass is 10.1. The molecule has 1 heteroatoms. The smallest absolute Gasteiger partial charge is 0.00985 e. The average Bonchev–Trinajstić information content (AvgIpc) is 2.56. The van der Waals surface area contributed by atoms with Gasteiger partial charge in [0.05, 0.1) is 0 Å². The number of rotatable bonds is 2. The Morgan fingerprint density at radius 2 is 2.40 bits per heavy atom. The Bertz CT molecular complexity index is 116. The minimum absolute atomic E-state index is 0.907. The van der Waals surface area contributed by atoms with E-state index >= 15 is 0 Å². The second-order valence-electron chi connectivity index (χ2n) is 3.77. The fourth-order valence-electron chi connectivity index (χ4n) is 2.31. The van der Waals surface area contributed by atoms with Gasteiger partial charge in [0.25, 0.3) is 0 Å². The van der Waals surface area contributed by atoms with Crippen LogP contribution < -0.4 is 5.32 Å². The van der Waals surface area contributed by atoms with Crippen LogP contribution in [-0.2, 0) is 0 Å². The Balaban J connectivity index is 1.79. The van der Waals surface area contributed by atoms with Gasteiger partial charge in [-0.15, -0.1) is 0 Å². The van der Waals surface area contributed by atoms with E-state index in [1.165, 1.54) is 32.2 Å². The van der Waals surface area contributed by atoms with Crippen molar-refractivity contribution in [2.24, 2.45) is 11.8 Å². The molecule has 0 bridgehead atoms. The van der Waals surface area contributed by atoms with Crippen LogP contribution in [0.3, 0.4) is 0 Å². The van der Waals surface area contributed by atoms with Crippen LogP contribution in [0.1, 0.15) is 32.6 Å². The third-order valence-corrected chi connectivity index (χ3v) is 3.12. The van der Waals surface area contributed by atoms with Crippen LogP contribution in [-0.4, -0.2) is 12.6 Å². The molecule has 0 spiro atoms. The molecule has 0 aromatic rings. The molecule has 58 valence electrons. The van der Waals surface area contributed by atoms with Crippen molar-refractivity contribution in [2.45, 2.75) is 38.6 Å². The van der Waals surface area contributed by atoms with Crippen molar-refractivity contribution in [1.29, 1.82) is 0 Å². The molecule has 3 atom stereocenters. The van der Waals surface area contributed by atoms with Gasteiger partial charge in [-0.1, -0.05) is 13.3 Å². The van der Waals surface area contributed by atoms with Crippen molar-refractivity contribution in [1.82, 2.24) is 5.32 Å². The molecule has 1 aliphatic carbocycles. The standard InChI is InChI=1S/C9H17N/c1-2-7-6-8(7)9-4-3-5-10-9/h7-10H,2-6H2,1H3. The normalized spacial score (nSPS) is 45.9. The van der Waals surface area contributed by atoms with Gasteiger partial charge in [0.2, 0.25) is 0 Å².